The lowest BCUT2D eigenvalue weighted by molar-refractivity contribution is -0.0717. The van der Waals surface area contributed by atoms with Gasteiger partial charge in [0, 0.05) is 6.61 Å². The number of likely N-dealkylation sites (N-methyl/N-ethyl adjacent to an activating group) is 1. The zero-order valence-electron chi connectivity index (χ0n) is 14.1. The third-order valence-corrected chi connectivity index (χ3v) is 5.29. The molecule has 1 aliphatic carbocycles. The van der Waals surface area contributed by atoms with E-state index < -0.39 is 0 Å². The van der Waals surface area contributed by atoms with Crippen LogP contribution in [0.15, 0.2) is 24.3 Å². The minimum absolute atomic E-state index is 0.110. The molecule has 1 N–H and O–H groups in total. The maximum atomic E-state index is 6.18. The van der Waals surface area contributed by atoms with E-state index in [1.54, 1.807) is 0 Å². The smallest absolute Gasteiger partial charge is 0.0870 e. The Labute approximate surface area is 130 Å². The Hall–Kier alpha value is -0.860. The molecule has 1 atom stereocenters. The average molecular weight is 289 g/mol. The predicted octanol–water partition coefficient (Wildman–Crippen LogP) is 4.81. The van der Waals surface area contributed by atoms with Crippen molar-refractivity contribution in [3.63, 3.8) is 0 Å². The predicted molar refractivity (Wildman–Crippen MR) is 89.8 cm³/mol. The van der Waals surface area contributed by atoms with Crippen molar-refractivity contribution < 1.29 is 4.74 Å². The number of benzene rings is 1. The van der Waals surface area contributed by atoms with Gasteiger partial charge in [-0.3, -0.25) is 0 Å². The van der Waals surface area contributed by atoms with Crippen molar-refractivity contribution in [2.45, 2.75) is 70.4 Å². The molecule has 0 aliphatic heterocycles. The van der Waals surface area contributed by atoms with Crippen molar-refractivity contribution in [1.29, 1.82) is 0 Å². The van der Waals surface area contributed by atoms with Crippen LogP contribution in [0.25, 0.3) is 0 Å². The molecule has 1 fully saturated rings. The van der Waals surface area contributed by atoms with Gasteiger partial charge in [0.2, 0.25) is 0 Å². The van der Waals surface area contributed by atoms with E-state index in [0.29, 0.717) is 0 Å². The normalized spacial score (nSPS) is 17.5. The summed E-state index contributed by atoms with van der Waals surface area (Å²) in [4.78, 5) is 0. The second-order valence-electron chi connectivity index (χ2n) is 6.22. The number of rotatable bonds is 8. The lowest BCUT2D eigenvalue weighted by atomic mass is 9.78. The first-order valence-electron chi connectivity index (χ1n) is 8.61. The van der Waals surface area contributed by atoms with E-state index >= 15 is 0 Å². The molecule has 0 bridgehead atoms. The summed E-state index contributed by atoms with van der Waals surface area (Å²) in [5.41, 5.74) is 2.74. The Balaban J connectivity index is 2.22. The second kappa shape index (κ2) is 7.42. The lowest BCUT2D eigenvalue weighted by Crippen LogP contribution is -2.44. The molecule has 1 saturated carbocycles. The minimum atomic E-state index is -0.110. The largest absolute Gasteiger partial charge is 0.373 e. The Kier molecular flexibility index (Phi) is 5.83. The van der Waals surface area contributed by atoms with Crippen LogP contribution in [0.1, 0.15) is 76.0 Å². The van der Waals surface area contributed by atoms with Gasteiger partial charge >= 0.3 is 0 Å². The van der Waals surface area contributed by atoms with Gasteiger partial charge in [-0.25, -0.2) is 0 Å². The molecule has 1 aliphatic rings. The molecule has 1 aromatic rings. The first-order chi connectivity index (χ1) is 10.2. The van der Waals surface area contributed by atoms with E-state index in [-0.39, 0.29) is 11.6 Å². The zero-order valence-corrected chi connectivity index (χ0v) is 14.1. The molecule has 0 amide bonds. The molecule has 2 heteroatoms. The van der Waals surface area contributed by atoms with Crippen molar-refractivity contribution in [3.05, 3.63) is 35.4 Å². The van der Waals surface area contributed by atoms with Gasteiger partial charge in [0.1, 0.15) is 0 Å². The number of hydrogen-bond donors (Lipinski definition) is 1. The van der Waals surface area contributed by atoms with Crippen LogP contribution < -0.4 is 5.32 Å². The Morgan fingerprint density at radius 3 is 2.14 bits per heavy atom. The van der Waals surface area contributed by atoms with E-state index in [9.17, 15) is 0 Å². The summed E-state index contributed by atoms with van der Waals surface area (Å²) in [6.07, 6.45) is 6.16. The maximum Gasteiger partial charge on any atom is 0.0870 e. The van der Waals surface area contributed by atoms with Crippen LogP contribution >= 0.6 is 0 Å². The van der Waals surface area contributed by atoms with Gasteiger partial charge in [-0.05, 0) is 56.7 Å². The van der Waals surface area contributed by atoms with Gasteiger partial charge in [-0.1, -0.05) is 44.5 Å². The van der Waals surface area contributed by atoms with Crippen LogP contribution in [-0.2, 0) is 4.74 Å². The SMILES string of the molecule is CCOC(CC)(CC)C(NC)c1ccc(C2CCC2)cc1. The fraction of sp³-hybridized carbons (Fsp3) is 0.684. The van der Waals surface area contributed by atoms with E-state index in [1.807, 2.05) is 7.05 Å². The molecule has 1 aromatic carbocycles. The van der Waals surface area contributed by atoms with Crippen molar-refractivity contribution in [3.8, 4) is 0 Å². The molecule has 0 spiro atoms. The number of nitrogens with one attached hydrogen (secondary N) is 1. The first kappa shape index (κ1) is 16.5. The minimum Gasteiger partial charge on any atom is -0.373 e. The van der Waals surface area contributed by atoms with Crippen molar-refractivity contribution >= 4 is 0 Å². The van der Waals surface area contributed by atoms with Crippen molar-refractivity contribution in [2.75, 3.05) is 13.7 Å². The molecular formula is C19H31NO. The molecule has 0 radical (unpaired) electrons. The molecule has 0 heterocycles. The summed E-state index contributed by atoms with van der Waals surface area (Å²) in [6.45, 7) is 7.31. The fourth-order valence-electron chi connectivity index (χ4n) is 3.67. The summed E-state index contributed by atoms with van der Waals surface area (Å²) in [6, 6.07) is 9.50. The molecule has 0 saturated heterocycles. The Morgan fingerprint density at radius 2 is 1.76 bits per heavy atom. The molecule has 21 heavy (non-hydrogen) atoms. The van der Waals surface area contributed by atoms with E-state index in [1.165, 1.54) is 30.4 Å². The quantitative estimate of drug-likeness (QED) is 0.741. The van der Waals surface area contributed by atoms with Crippen LogP contribution in [-0.4, -0.2) is 19.3 Å². The highest BCUT2D eigenvalue weighted by atomic mass is 16.5. The Bertz CT molecular complexity index is 418. The number of hydrogen-bond acceptors (Lipinski definition) is 2. The van der Waals surface area contributed by atoms with Gasteiger partial charge < -0.3 is 10.1 Å². The van der Waals surface area contributed by atoms with Crippen molar-refractivity contribution in [1.82, 2.24) is 5.32 Å². The van der Waals surface area contributed by atoms with Crippen LogP contribution in [0.5, 0.6) is 0 Å². The van der Waals surface area contributed by atoms with Gasteiger partial charge in [0.05, 0.1) is 11.6 Å². The zero-order chi connectivity index (χ0) is 15.3. The summed E-state index contributed by atoms with van der Waals surface area (Å²) in [5, 5.41) is 3.50. The first-order valence-corrected chi connectivity index (χ1v) is 8.61. The van der Waals surface area contributed by atoms with E-state index in [4.69, 9.17) is 4.74 Å². The van der Waals surface area contributed by atoms with Crippen LogP contribution in [0.4, 0.5) is 0 Å². The van der Waals surface area contributed by atoms with Crippen LogP contribution in [0, 0.1) is 0 Å². The highest BCUT2D eigenvalue weighted by Crippen LogP contribution is 2.39. The van der Waals surface area contributed by atoms with Gasteiger partial charge in [-0.2, -0.15) is 0 Å². The third kappa shape index (κ3) is 3.32. The summed E-state index contributed by atoms with van der Waals surface area (Å²) in [7, 11) is 2.05. The lowest BCUT2D eigenvalue weighted by Gasteiger charge is -2.39. The second-order valence-corrected chi connectivity index (χ2v) is 6.22. The standard InChI is InChI=1S/C19H31NO/c1-5-19(6-2,21-7-3)18(20-4)17-13-11-16(12-14-17)15-9-8-10-15/h11-15,18,20H,5-10H2,1-4H3. The monoisotopic (exact) mass is 289 g/mol. The van der Waals surface area contributed by atoms with Crippen LogP contribution in [0.3, 0.4) is 0 Å². The highest BCUT2D eigenvalue weighted by Gasteiger charge is 2.36. The fourth-order valence-corrected chi connectivity index (χ4v) is 3.67. The van der Waals surface area contributed by atoms with Crippen molar-refractivity contribution in [2.24, 2.45) is 0 Å². The average Bonchev–Trinajstić information content (AvgIpc) is 2.47. The summed E-state index contributed by atoms with van der Waals surface area (Å²) in [5.74, 6) is 0.807. The maximum absolute atomic E-state index is 6.18. The Morgan fingerprint density at radius 1 is 1.14 bits per heavy atom. The van der Waals surface area contributed by atoms with Gasteiger partial charge in [-0.15, -0.1) is 0 Å². The molecule has 118 valence electrons. The molecular weight excluding hydrogens is 258 g/mol. The van der Waals surface area contributed by atoms with Crippen LogP contribution in [0.2, 0.25) is 0 Å². The van der Waals surface area contributed by atoms with Gasteiger partial charge in [0.15, 0.2) is 0 Å². The van der Waals surface area contributed by atoms with E-state index in [2.05, 4.69) is 50.4 Å². The summed E-state index contributed by atoms with van der Waals surface area (Å²) >= 11 is 0. The molecule has 0 aromatic heterocycles. The molecule has 2 rings (SSSR count). The van der Waals surface area contributed by atoms with E-state index in [0.717, 1.165) is 25.4 Å². The third-order valence-electron chi connectivity index (χ3n) is 5.29. The molecule has 1 unspecified atom stereocenters. The van der Waals surface area contributed by atoms with Gasteiger partial charge in [0.25, 0.3) is 0 Å². The summed E-state index contributed by atoms with van der Waals surface area (Å²) < 4.78 is 6.18. The topological polar surface area (TPSA) is 21.3 Å². The number of ether oxygens (including phenoxy) is 1. The highest BCUT2D eigenvalue weighted by molar-refractivity contribution is 5.30. The molecule has 2 nitrogen and oxygen atoms in total.